The summed E-state index contributed by atoms with van der Waals surface area (Å²) in [6.45, 7) is 0. The molecule has 0 atom stereocenters. The lowest BCUT2D eigenvalue weighted by molar-refractivity contribution is 0.582. The average Bonchev–Trinajstić information content (AvgIpc) is 2.37. The van der Waals surface area contributed by atoms with Crippen LogP contribution in [0.3, 0.4) is 0 Å². The lowest BCUT2D eigenvalue weighted by Crippen LogP contribution is -2.16. The van der Waals surface area contributed by atoms with Crippen molar-refractivity contribution < 1.29 is 21.6 Å². The lowest BCUT2D eigenvalue weighted by atomic mass is 10.3. The van der Waals surface area contributed by atoms with Crippen LogP contribution in [0.4, 0.5) is 24.5 Å². The van der Waals surface area contributed by atoms with Crippen molar-refractivity contribution in [2.24, 2.45) is 0 Å². The molecular weight excluding hydrogens is 373 g/mol. The van der Waals surface area contributed by atoms with Crippen LogP contribution in [0.25, 0.3) is 0 Å². The fraction of sp³-hybridized carbons (Fsp3) is 0. The van der Waals surface area contributed by atoms with E-state index in [2.05, 4.69) is 15.9 Å². The van der Waals surface area contributed by atoms with Crippen molar-refractivity contribution in [3.8, 4) is 0 Å². The van der Waals surface area contributed by atoms with Gasteiger partial charge in [0.05, 0.1) is 15.8 Å². The highest BCUT2D eigenvalue weighted by Gasteiger charge is 2.21. The predicted molar refractivity (Wildman–Crippen MR) is 75.7 cm³/mol. The fourth-order valence-electron chi connectivity index (χ4n) is 1.55. The van der Waals surface area contributed by atoms with E-state index in [1.165, 1.54) is 0 Å². The van der Waals surface area contributed by atoms with E-state index in [9.17, 15) is 21.6 Å². The molecule has 2 aromatic carbocycles. The van der Waals surface area contributed by atoms with Gasteiger partial charge in [-0.2, -0.15) is 0 Å². The fourth-order valence-corrected chi connectivity index (χ4v) is 3.25. The SMILES string of the molecule is Nc1cc(F)c(Br)cc1S(=O)(=O)Nc1ccc(F)cc1F. The number of benzene rings is 2. The van der Waals surface area contributed by atoms with Gasteiger partial charge in [-0.05, 0) is 40.2 Å². The Morgan fingerprint density at radius 1 is 1.05 bits per heavy atom. The molecule has 0 aromatic heterocycles. The van der Waals surface area contributed by atoms with Crippen LogP contribution < -0.4 is 10.5 Å². The Labute approximate surface area is 127 Å². The van der Waals surface area contributed by atoms with Crippen molar-refractivity contribution >= 4 is 37.3 Å². The molecule has 0 heterocycles. The van der Waals surface area contributed by atoms with E-state index < -0.39 is 38.1 Å². The molecule has 3 N–H and O–H groups in total. The summed E-state index contributed by atoms with van der Waals surface area (Å²) < 4.78 is 65.6. The molecule has 0 saturated heterocycles. The minimum atomic E-state index is -4.25. The molecule has 2 rings (SSSR count). The van der Waals surface area contributed by atoms with Crippen LogP contribution in [0.1, 0.15) is 0 Å². The van der Waals surface area contributed by atoms with Crippen LogP contribution in [0.15, 0.2) is 39.7 Å². The van der Waals surface area contributed by atoms with Gasteiger partial charge in [0.2, 0.25) is 0 Å². The average molecular weight is 381 g/mol. The number of rotatable bonds is 3. The second kappa shape index (κ2) is 5.57. The van der Waals surface area contributed by atoms with Gasteiger partial charge in [-0.3, -0.25) is 4.72 Å². The van der Waals surface area contributed by atoms with Gasteiger partial charge < -0.3 is 5.73 Å². The van der Waals surface area contributed by atoms with Gasteiger partial charge >= 0.3 is 0 Å². The smallest absolute Gasteiger partial charge is 0.264 e. The summed E-state index contributed by atoms with van der Waals surface area (Å²) in [4.78, 5) is -0.431. The molecule has 0 aliphatic rings. The molecule has 0 spiro atoms. The van der Waals surface area contributed by atoms with E-state index >= 15 is 0 Å². The Hall–Kier alpha value is -1.74. The number of nitrogens with one attached hydrogen (secondary N) is 1. The second-order valence-corrected chi connectivity index (χ2v) is 6.54. The Bertz CT molecular complexity index is 812. The van der Waals surface area contributed by atoms with E-state index in [0.717, 1.165) is 24.3 Å². The van der Waals surface area contributed by atoms with Gasteiger partial charge in [-0.1, -0.05) is 0 Å². The number of nitrogens with two attached hydrogens (primary N) is 1. The molecule has 0 fully saturated rings. The first-order valence-electron chi connectivity index (χ1n) is 5.43. The van der Waals surface area contributed by atoms with Crippen molar-refractivity contribution in [1.29, 1.82) is 0 Å². The summed E-state index contributed by atoms with van der Waals surface area (Å²) in [6.07, 6.45) is 0. The molecule has 112 valence electrons. The maximum Gasteiger partial charge on any atom is 0.264 e. The molecule has 9 heteroatoms. The third-order valence-electron chi connectivity index (χ3n) is 2.52. The molecular formula is C12H8BrF3N2O2S. The van der Waals surface area contributed by atoms with Crippen molar-refractivity contribution in [3.05, 3.63) is 52.3 Å². The van der Waals surface area contributed by atoms with Crippen LogP contribution in [0.2, 0.25) is 0 Å². The second-order valence-electron chi connectivity index (χ2n) is 4.03. The minimum Gasteiger partial charge on any atom is -0.398 e. The van der Waals surface area contributed by atoms with Gasteiger partial charge in [0.15, 0.2) is 0 Å². The first kappa shape index (κ1) is 15.6. The quantitative estimate of drug-likeness (QED) is 0.802. The van der Waals surface area contributed by atoms with E-state index in [1.807, 2.05) is 4.72 Å². The maximum absolute atomic E-state index is 13.5. The molecule has 0 amide bonds. The first-order chi connectivity index (χ1) is 9.70. The van der Waals surface area contributed by atoms with E-state index in [0.29, 0.717) is 6.07 Å². The molecule has 0 aliphatic heterocycles. The Kier molecular flexibility index (Phi) is 4.15. The summed E-state index contributed by atoms with van der Waals surface area (Å²) in [6, 6.07) is 4.12. The number of halogens is 4. The minimum absolute atomic E-state index is 0.114. The van der Waals surface area contributed by atoms with Crippen LogP contribution in [0.5, 0.6) is 0 Å². The Morgan fingerprint density at radius 2 is 1.71 bits per heavy atom. The monoisotopic (exact) mass is 380 g/mol. The van der Waals surface area contributed by atoms with Crippen molar-refractivity contribution in [2.45, 2.75) is 4.90 Å². The summed E-state index contributed by atoms with van der Waals surface area (Å²) in [5, 5.41) is 0. The van der Waals surface area contributed by atoms with E-state index in [4.69, 9.17) is 5.73 Å². The highest BCUT2D eigenvalue weighted by molar-refractivity contribution is 9.10. The number of hydrogen-bond acceptors (Lipinski definition) is 3. The predicted octanol–water partition coefficient (Wildman–Crippen LogP) is 3.25. The zero-order valence-electron chi connectivity index (χ0n) is 10.2. The van der Waals surface area contributed by atoms with Gasteiger partial charge in [0.1, 0.15) is 22.3 Å². The zero-order chi connectivity index (χ0) is 15.8. The molecule has 0 aliphatic carbocycles. The van der Waals surface area contributed by atoms with Crippen LogP contribution in [-0.4, -0.2) is 8.42 Å². The van der Waals surface area contributed by atoms with Crippen LogP contribution in [-0.2, 0) is 10.0 Å². The summed E-state index contributed by atoms with van der Waals surface area (Å²) in [7, 11) is -4.25. The molecule has 21 heavy (non-hydrogen) atoms. The topological polar surface area (TPSA) is 72.2 Å². The van der Waals surface area contributed by atoms with Gasteiger partial charge in [-0.15, -0.1) is 0 Å². The van der Waals surface area contributed by atoms with Gasteiger partial charge in [-0.25, -0.2) is 21.6 Å². The van der Waals surface area contributed by atoms with Gasteiger partial charge in [0.25, 0.3) is 10.0 Å². The summed E-state index contributed by atoms with van der Waals surface area (Å²) in [5.41, 5.74) is 4.67. The van der Waals surface area contributed by atoms with E-state index in [1.54, 1.807) is 0 Å². The maximum atomic E-state index is 13.5. The highest BCUT2D eigenvalue weighted by atomic mass is 79.9. The Morgan fingerprint density at radius 3 is 2.33 bits per heavy atom. The number of nitrogen functional groups attached to an aromatic ring is 1. The number of hydrogen-bond donors (Lipinski definition) is 2. The zero-order valence-corrected chi connectivity index (χ0v) is 12.6. The molecule has 4 nitrogen and oxygen atoms in total. The summed E-state index contributed by atoms with van der Waals surface area (Å²) in [5.74, 6) is -2.67. The largest absolute Gasteiger partial charge is 0.398 e. The van der Waals surface area contributed by atoms with Gasteiger partial charge in [0, 0.05) is 6.07 Å². The van der Waals surface area contributed by atoms with Crippen LogP contribution >= 0.6 is 15.9 Å². The molecule has 0 radical (unpaired) electrons. The summed E-state index contributed by atoms with van der Waals surface area (Å²) >= 11 is 2.84. The standard InChI is InChI=1S/C12H8BrF3N2O2S/c13-7-4-12(10(17)5-8(7)15)21(19,20)18-11-2-1-6(14)3-9(11)16/h1-5,18H,17H2. The first-order valence-corrected chi connectivity index (χ1v) is 7.71. The Balaban J connectivity index is 2.46. The number of anilines is 2. The van der Waals surface area contributed by atoms with Crippen molar-refractivity contribution in [2.75, 3.05) is 10.5 Å². The molecule has 2 aromatic rings. The van der Waals surface area contributed by atoms with Crippen molar-refractivity contribution in [3.63, 3.8) is 0 Å². The van der Waals surface area contributed by atoms with Crippen LogP contribution in [0, 0.1) is 17.5 Å². The molecule has 0 unspecified atom stereocenters. The highest BCUT2D eigenvalue weighted by Crippen LogP contribution is 2.28. The third-order valence-corrected chi connectivity index (χ3v) is 4.55. The normalized spacial score (nSPS) is 11.4. The lowest BCUT2D eigenvalue weighted by Gasteiger charge is -2.11. The third kappa shape index (κ3) is 3.30. The van der Waals surface area contributed by atoms with E-state index in [-0.39, 0.29) is 10.2 Å². The number of sulfonamides is 1. The molecule has 0 bridgehead atoms. The van der Waals surface area contributed by atoms with Crippen molar-refractivity contribution in [1.82, 2.24) is 0 Å². The molecule has 0 saturated carbocycles.